The van der Waals surface area contributed by atoms with Gasteiger partial charge in [-0.15, -0.1) is 0 Å². The van der Waals surface area contributed by atoms with E-state index in [1.807, 2.05) is 20.8 Å². The van der Waals surface area contributed by atoms with Gasteiger partial charge in [-0.25, -0.2) is 4.79 Å². The first-order valence-electron chi connectivity index (χ1n) is 7.79. The molecule has 0 atom stereocenters. The van der Waals surface area contributed by atoms with E-state index in [-0.39, 0.29) is 18.5 Å². The third-order valence-electron chi connectivity index (χ3n) is 2.78. The van der Waals surface area contributed by atoms with Crippen molar-refractivity contribution in [2.45, 2.75) is 64.9 Å². The molecule has 0 saturated heterocycles. The number of nitrogens with one attached hydrogen (secondary N) is 2. The number of nitrogens with two attached hydrogens (primary N) is 1. The second-order valence-corrected chi connectivity index (χ2v) is 6.10. The molecule has 0 aliphatic rings. The van der Waals surface area contributed by atoms with Gasteiger partial charge >= 0.3 is 6.09 Å². The average molecular weight is 301 g/mol. The summed E-state index contributed by atoms with van der Waals surface area (Å²) in [5, 5.41) is 5.50. The van der Waals surface area contributed by atoms with Crippen molar-refractivity contribution in [3.05, 3.63) is 0 Å². The predicted octanol–water partition coefficient (Wildman–Crippen LogP) is 1.93. The maximum atomic E-state index is 11.4. The number of amides is 2. The molecule has 21 heavy (non-hydrogen) atoms. The molecular weight excluding hydrogens is 270 g/mol. The number of alkyl carbamates (subject to hydrolysis) is 1. The number of unbranched alkanes of at least 4 members (excludes halogenated alkanes) is 5. The zero-order chi connectivity index (χ0) is 16.1. The van der Waals surface area contributed by atoms with Crippen molar-refractivity contribution < 1.29 is 14.3 Å². The van der Waals surface area contributed by atoms with Crippen LogP contribution in [0.1, 0.15) is 59.3 Å². The first-order chi connectivity index (χ1) is 9.85. The zero-order valence-corrected chi connectivity index (χ0v) is 13.7. The van der Waals surface area contributed by atoms with Gasteiger partial charge < -0.3 is 21.1 Å². The molecule has 0 unspecified atom stereocenters. The van der Waals surface area contributed by atoms with E-state index in [1.165, 1.54) is 0 Å². The largest absolute Gasteiger partial charge is 0.444 e. The van der Waals surface area contributed by atoms with Crippen molar-refractivity contribution in [1.82, 2.24) is 10.6 Å². The van der Waals surface area contributed by atoms with Crippen molar-refractivity contribution in [3.8, 4) is 0 Å². The van der Waals surface area contributed by atoms with Gasteiger partial charge in [0.2, 0.25) is 5.91 Å². The number of hydrogen-bond acceptors (Lipinski definition) is 4. The molecule has 6 heteroatoms. The van der Waals surface area contributed by atoms with E-state index in [9.17, 15) is 9.59 Å². The Morgan fingerprint density at radius 2 is 1.38 bits per heavy atom. The zero-order valence-electron chi connectivity index (χ0n) is 13.7. The average Bonchev–Trinajstić information content (AvgIpc) is 2.38. The van der Waals surface area contributed by atoms with E-state index in [1.54, 1.807) is 0 Å². The van der Waals surface area contributed by atoms with Gasteiger partial charge in [-0.05, 0) is 33.6 Å². The Kier molecular flexibility index (Phi) is 10.7. The van der Waals surface area contributed by atoms with Crippen LogP contribution < -0.4 is 16.4 Å². The molecule has 0 aromatic carbocycles. The lowest BCUT2D eigenvalue weighted by Crippen LogP contribution is -2.32. The molecule has 0 aliphatic carbocycles. The minimum absolute atomic E-state index is 0.0602. The van der Waals surface area contributed by atoms with E-state index in [2.05, 4.69) is 10.6 Å². The Morgan fingerprint density at radius 1 is 0.905 bits per heavy atom. The van der Waals surface area contributed by atoms with Gasteiger partial charge in [0.15, 0.2) is 0 Å². The standard InChI is InChI=1S/C15H31N3O3/c1-15(2,3)21-14(20)18-11-9-7-5-4-6-8-10-17-13(19)12-16/h4-12,16H2,1-3H3,(H,17,19)(H,18,20). The third kappa shape index (κ3) is 14.9. The SMILES string of the molecule is CC(C)(C)OC(=O)NCCCCCCCCNC(=O)CN. The van der Waals surface area contributed by atoms with Gasteiger partial charge in [0.25, 0.3) is 0 Å². The van der Waals surface area contributed by atoms with Crippen LogP contribution in [0.15, 0.2) is 0 Å². The molecule has 0 aromatic rings. The number of carbonyl (C=O) groups is 2. The molecule has 2 amide bonds. The third-order valence-corrected chi connectivity index (χ3v) is 2.78. The van der Waals surface area contributed by atoms with Crippen LogP contribution in [0, 0.1) is 0 Å². The maximum absolute atomic E-state index is 11.4. The molecule has 0 heterocycles. The number of rotatable bonds is 10. The molecule has 0 aromatic heterocycles. The summed E-state index contributed by atoms with van der Waals surface area (Å²) in [5.74, 6) is -0.0942. The van der Waals surface area contributed by atoms with E-state index in [0.29, 0.717) is 13.1 Å². The summed E-state index contributed by atoms with van der Waals surface area (Å²) in [6.07, 6.45) is 6.07. The van der Waals surface area contributed by atoms with Gasteiger partial charge in [-0.2, -0.15) is 0 Å². The smallest absolute Gasteiger partial charge is 0.407 e. The highest BCUT2D eigenvalue weighted by atomic mass is 16.6. The van der Waals surface area contributed by atoms with Crippen LogP contribution >= 0.6 is 0 Å². The predicted molar refractivity (Wildman–Crippen MR) is 84.0 cm³/mol. The lowest BCUT2D eigenvalue weighted by Gasteiger charge is -2.19. The van der Waals surface area contributed by atoms with Crippen LogP contribution in [-0.2, 0) is 9.53 Å². The van der Waals surface area contributed by atoms with Gasteiger partial charge in [0.1, 0.15) is 5.60 Å². The fraction of sp³-hybridized carbons (Fsp3) is 0.867. The van der Waals surface area contributed by atoms with Crippen LogP contribution in [0.3, 0.4) is 0 Å². The molecule has 0 spiro atoms. The van der Waals surface area contributed by atoms with Crippen molar-refractivity contribution in [3.63, 3.8) is 0 Å². The Balaban J connectivity index is 3.26. The monoisotopic (exact) mass is 301 g/mol. The second kappa shape index (κ2) is 11.4. The van der Waals surface area contributed by atoms with E-state index >= 15 is 0 Å². The van der Waals surface area contributed by atoms with E-state index < -0.39 is 5.60 Å². The van der Waals surface area contributed by atoms with Crippen molar-refractivity contribution in [2.24, 2.45) is 5.73 Å². The van der Waals surface area contributed by atoms with Crippen molar-refractivity contribution >= 4 is 12.0 Å². The highest BCUT2D eigenvalue weighted by Crippen LogP contribution is 2.07. The summed E-state index contributed by atoms with van der Waals surface area (Å²) in [4.78, 5) is 22.2. The van der Waals surface area contributed by atoms with Gasteiger partial charge in [0.05, 0.1) is 6.54 Å². The Labute approximate surface area is 128 Å². The molecule has 0 aliphatic heterocycles. The number of hydrogen-bond donors (Lipinski definition) is 3. The summed E-state index contributed by atoms with van der Waals surface area (Å²) < 4.78 is 5.14. The highest BCUT2D eigenvalue weighted by Gasteiger charge is 2.15. The second-order valence-electron chi connectivity index (χ2n) is 6.10. The first-order valence-corrected chi connectivity index (χ1v) is 7.79. The summed E-state index contributed by atoms with van der Waals surface area (Å²) >= 11 is 0. The minimum Gasteiger partial charge on any atom is -0.444 e. The van der Waals surface area contributed by atoms with Crippen LogP contribution in [0.25, 0.3) is 0 Å². The lowest BCUT2D eigenvalue weighted by molar-refractivity contribution is -0.119. The summed E-state index contributed by atoms with van der Waals surface area (Å²) in [6, 6.07) is 0. The van der Waals surface area contributed by atoms with Gasteiger partial charge in [-0.3, -0.25) is 4.79 Å². The maximum Gasteiger partial charge on any atom is 0.407 e. The number of ether oxygens (including phenoxy) is 1. The Hall–Kier alpha value is -1.30. The van der Waals surface area contributed by atoms with E-state index in [0.717, 1.165) is 38.5 Å². The van der Waals surface area contributed by atoms with Crippen LogP contribution in [0.4, 0.5) is 4.79 Å². The van der Waals surface area contributed by atoms with Gasteiger partial charge in [0, 0.05) is 13.1 Å². The molecule has 124 valence electrons. The quantitative estimate of drug-likeness (QED) is 0.537. The molecule has 4 N–H and O–H groups in total. The Morgan fingerprint density at radius 3 is 1.86 bits per heavy atom. The topological polar surface area (TPSA) is 93.5 Å². The molecule has 0 saturated carbocycles. The Bertz CT molecular complexity index is 301. The van der Waals surface area contributed by atoms with Crippen LogP contribution in [0.5, 0.6) is 0 Å². The summed E-state index contributed by atoms with van der Waals surface area (Å²) in [6.45, 7) is 6.97. The molecule has 0 fully saturated rings. The number of carbonyl (C=O) groups excluding carboxylic acids is 2. The normalized spacial score (nSPS) is 11.0. The van der Waals surface area contributed by atoms with Gasteiger partial charge in [-0.1, -0.05) is 25.7 Å². The fourth-order valence-corrected chi connectivity index (χ4v) is 1.76. The molecule has 0 bridgehead atoms. The first kappa shape index (κ1) is 19.7. The molecular formula is C15H31N3O3. The lowest BCUT2D eigenvalue weighted by atomic mass is 10.1. The van der Waals surface area contributed by atoms with Crippen LogP contribution in [0.2, 0.25) is 0 Å². The molecule has 6 nitrogen and oxygen atoms in total. The molecule has 0 rings (SSSR count). The highest BCUT2D eigenvalue weighted by molar-refractivity contribution is 5.77. The summed E-state index contributed by atoms with van der Waals surface area (Å²) in [7, 11) is 0. The van der Waals surface area contributed by atoms with Crippen LogP contribution in [-0.4, -0.2) is 37.2 Å². The van der Waals surface area contributed by atoms with Crippen molar-refractivity contribution in [2.75, 3.05) is 19.6 Å². The summed E-state index contributed by atoms with van der Waals surface area (Å²) in [5.41, 5.74) is 4.74. The van der Waals surface area contributed by atoms with E-state index in [4.69, 9.17) is 10.5 Å². The fourth-order valence-electron chi connectivity index (χ4n) is 1.76. The van der Waals surface area contributed by atoms with Crippen molar-refractivity contribution in [1.29, 1.82) is 0 Å². The minimum atomic E-state index is -0.441. The molecule has 0 radical (unpaired) electrons.